The van der Waals surface area contributed by atoms with Crippen molar-refractivity contribution in [3.05, 3.63) is 69.7 Å². The Morgan fingerprint density at radius 1 is 1.22 bits per heavy atom. The number of aromatic nitrogens is 1. The Kier molecular flexibility index (Phi) is 4.53. The van der Waals surface area contributed by atoms with Gasteiger partial charge < -0.3 is 4.42 Å². The fourth-order valence-electron chi connectivity index (χ4n) is 2.72. The molecule has 0 bridgehead atoms. The van der Waals surface area contributed by atoms with E-state index >= 15 is 0 Å². The number of nitrogens with zero attached hydrogens (tertiary/aromatic N) is 1. The molecule has 0 fully saturated rings. The van der Waals surface area contributed by atoms with Crippen molar-refractivity contribution in [2.75, 3.05) is 0 Å². The van der Waals surface area contributed by atoms with E-state index in [4.69, 9.17) is 4.42 Å². The molecule has 0 aliphatic heterocycles. The van der Waals surface area contributed by atoms with Gasteiger partial charge in [0.1, 0.15) is 5.58 Å². The molecule has 0 saturated heterocycles. The molecule has 0 radical (unpaired) electrons. The first-order valence-electron chi connectivity index (χ1n) is 7.65. The Balaban J connectivity index is 2.04. The molecule has 0 atom stereocenters. The van der Waals surface area contributed by atoms with Crippen molar-refractivity contribution in [3.8, 4) is 0 Å². The Bertz CT molecular complexity index is 885. The van der Waals surface area contributed by atoms with E-state index in [0.29, 0.717) is 17.3 Å². The number of rotatable bonds is 4. The molecule has 2 aromatic heterocycles. The lowest BCUT2D eigenvalue weighted by atomic mass is 9.95. The molecule has 0 aliphatic rings. The van der Waals surface area contributed by atoms with Gasteiger partial charge in [-0.2, -0.15) is 0 Å². The molecule has 4 heteroatoms. The number of hydrogen-bond donors (Lipinski definition) is 0. The van der Waals surface area contributed by atoms with Crippen LogP contribution in [0, 0.1) is 6.92 Å². The lowest BCUT2D eigenvalue weighted by Crippen LogP contribution is -2.02. The summed E-state index contributed by atoms with van der Waals surface area (Å²) in [6.45, 7) is 6.41. The van der Waals surface area contributed by atoms with Crippen LogP contribution in [0.2, 0.25) is 0 Å². The molecular weight excluding hydrogens is 306 g/mol. The Morgan fingerprint density at radius 3 is 2.74 bits per heavy atom. The van der Waals surface area contributed by atoms with Crippen LogP contribution < -0.4 is 5.63 Å². The van der Waals surface area contributed by atoms with Crippen molar-refractivity contribution >= 4 is 22.7 Å². The van der Waals surface area contributed by atoms with Crippen molar-refractivity contribution < 1.29 is 4.42 Å². The molecule has 0 N–H and O–H groups in total. The Labute approximate surface area is 139 Å². The number of thioether (sulfide) groups is 1. The molecule has 0 unspecified atom stereocenters. The fourth-order valence-corrected chi connectivity index (χ4v) is 3.57. The summed E-state index contributed by atoms with van der Waals surface area (Å²) in [5, 5.41) is 1.97. The highest BCUT2D eigenvalue weighted by Gasteiger charge is 2.11. The van der Waals surface area contributed by atoms with Crippen LogP contribution in [0.15, 0.2) is 56.8 Å². The molecule has 0 spiro atoms. The van der Waals surface area contributed by atoms with Crippen molar-refractivity contribution in [2.24, 2.45) is 0 Å². The lowest BCUT2D eigenvalue weighted by molar-refractivity contribution is 0.559. The van der Waals surface area contributed by atoms with Crippen LogP contribution in [-0.4, -0.2) is 4.98 Å². The molecule has 23 heavy (non-hydrogen) atoms. The fraction of sp³-hybridized carbons (Fsp3) is 0.263. The third-order valence-corrected chi connectivity index (χ3v) is 4.84. The highest BCUT2D eigenvalue weighted by molar-refractivity contribution is 7.98. The third-order valence-electron chi connectivity index (χ3n) is 3.85. The minimum absolute atomic E-state index is 0.300. The Hall–Kier alpha value is -2.07. The van der Waals surface area contributed by atoms with E-state index in [1.165, 1.54) is 5.56 Å². The number of hydrogen-bond acceptors (Lipinski definition) is 4. The molecule has 0 saturated carbocycles. The predicted octanol–water partition coefficient (Wildman–Crippen LogP) is 4.91. The maximum absolute atomic E-state index is 11.9. The van der Waals surface area contributed by atoms with E-state index in [9.17, 15) is 4.79 Å². The van der Waals surface area contributed by atoms with Crippen molar-refractivity contribution in [1.82, 2.24) is 4.98 Å². The minimum Gasteiger partial charge on any atom is -0.423 e. The normalized spacial score (nSPS) is 11.3. The van der Waals surface area contributed by atoms with Crippen LogP contribution in [0.5, 0.6) is 0 Å². The molecule has 0 amide bonds. The monoisotopic (exact) mass is 325 g/mol. The summed E-state index contributed by atoms with van der Waals surface area (Å²) < 4.78 is 5.39. The first-order valence-corrected chi connectivity index (χ1v) is 8.64. The second-order valence-corrected chi connectivity index (χ2v) is 6.90. The lowest BCUT2D eigenvalue weighted by Gasteiger charge is -2.12. The summed E-state index contributed by atoms with van der Waals surface area (Å²) in [5.74, 6) is 1.13. The number of fused-ring (bicyclic) bond motifs is 1. The van der Waals surface area contributed by atoms with Crippen LogP contribution >= 0.6 is 11.8 Å². The first-order chi connectivity index (χ1) is 11.0. The molecule has 2 heterocycles. The van der Waals surface area contributed by atoms with Crippen LogP contribution in [0.25, 0.3) is 11.0 Å². The number of pyridine rings is 1. The van der Waals surface area contributed by atoms with Gasteiger partial charge in [0.2, 0.25) is 0 Å². The zero-order chi connectivity index (χ0) is 16.4. The zero-order valence-electron chi connectivity index (χ0n) is 13.5. The average molecular weight is 325 g/mol. The van der Waals surface area contributed by atoms with Gasteiger partial charge in [0, 0.05) is 23.4 Å². The van der Waals surface area contributed by atoms with Crippen molar-refractivity contribution in [2.45, 2.75) is 37.5 Å². The van der Waals surface area contributed by atoms with E-state index in [1.54, 1.807) is 24.0 Å². The molecule has 3 aromatic rings. The summed E-state index contributed by atoms with van der Waals surface area (Å²) >= 11 is 1.62. The maximum atomic E-state index is 11.9. The van der Waals surface area contributed by atoms with Crippen LogP contribution in [-0.2, 0) is 5.75 Å². The van der Waals surface area contributed by atoms with Gasteiger partial charge in [0.25, 0.3) is 0 Å². The second kappa shape index (κ2) is 6.59. The van der Waals surface area contributed by atoms with E-state index < -0.39 is 0 Å². The average Bonchev–Trinajstić information content (AvgIpc) is 2.52. The van der Waals surface area contributed by atoms with Crippen LogP contribution in [0.3, 0.4) is 0 Å². The molecular formula is C19H19NO2S. The summed E-state index contributed by atoms with van der Waals surface area (Å²) in [6, 6.07) is 11.6. The van der Waals surface area contributed by atoms with E-state index in [2.05, 4.69) is 31.8 Å². The third kappa shape index (κ3) is 3.48. The van der Waals surface area contributed by atoms with Crippen molar-refractivity contribution in [1.29, 1.82) is 0 Å². The van der Waals surface area contributed by atoms with E-state index in [-0.39, 0.29) is 5.63 Å². The molecule has 0 aliphatic carbocycles. The van der Waals surface area contributed by atoms with E-state index in [0.717, 1.165) is 21.5 Å². The second-order valence-electron chi connectivity index (χ2n) is 5.91. The first kappa shape index (κ1) is 15.8. The summed E-state index contributed by atoms with van der Waals surface area (Å²) in [6.07, 6.45) is 1.78. The summed E-state index contributed by atoms with van der Waals surface area (Å²) in [7, 11) is 0. The molecule has 1 aromatic carbocycles. The number of aryl methyl sites for hydroxylation is 1. The number of benzene rings is 1. The van der Waals surface area contributed by atoms with Crippen LogP contribution in [0.1, 0.15) is 36.5 Å². The largest absolute Gasteiger partial charge is 0.423 e. The maximum Gasteiger partial charge on any atom is 0.336 e. The molecule has 118 valence electrons. The van der Waals surface area contributed by atoms with Gasteiger partial charge in [-0.3, -0.25) is 0 Å². The zero-order valence-corrected chi connectivity index (χ0v) is 14.3. The highest BCUT2D eigenvalue weighted by atomic mass is 32.2. The van der Waals surface area contributed by atoms with Gasteiger partial charge in [-0.25, -0.2) is 9.78 Å². The van der Waals surface area contributed by atoms with Gasteiger partial charge in [-0.05, 0) is 53.8 Å². The van der Waals surface area contributed by atoms with Gasteiger partial charge in [0.05, 0.1) is 5.03 Å². The standard InChI is InChI=1S/C19H19NO2S/c1-12(2)15-10-16-14(11-23-18-6-4-5-7-20-18)9-19(21)22-17(16)8-13(15)3/h4-10,12H,11H2,1-3H3. The van der Waals surface area contributed by atoms with Gasteiger partial charge >= 0.3 is 5.63 Å². The van der Waals surface area contributed by atoms with E-state index in [1.807, 2.05) is 24.3 Å². The summed E-state index contributed by atoms with van der Waals surface area (Å²) in [5.41, 5.74) is 3.80. The Morgan fingerprint density at radius 2 is 2.04 bits per heavy atom. The predicted molar refractivity (Wildman–Crippen MR) is 95.1 cm³/mol. The SMILES string of the molecule is Cc1cc2oc(=O)cc(CSc3ccccn3)c2cc1C(C)C. The minimum atomic E-state index is -0.300. The smallest absolute Gasteiger partial charge is 0.336 e. The topological polar surface area (TPSA) is 43.1 Å². The van der Waals surface area contributed by atoms with Crippen molar-refractivity contribution in [3.63, 3.8) is 0 Å². The van der Waals surface area contributed by atoms with Gasteiger partial charge in [-0.15, -0.1) is 11.8 Å². The quantitative estimate of drug-likeness (QED) is 0.505. The molecule has 3 nitrogen and oxygen atoms in total. The summed E-state index contributed by atoms with van der Waals surface area (Å²) in [4.78, 5) is 16.2. The van der Waals surface area contributed by atoms with Gasteiger partial charge in [0.15, 0.2) is 0 Å². The molecule has 3 rings (SSSR count). The van der Waals surface area contributed by atoms with Gasteiger partial charge in [-0.1, -0.05) is 19.9 Å². The van der Waals surface area contributed by atoms with Crippen LogP contribution in [0.4, 0.5) is 0 Å². The highest BCUT2D eigenvalue weighted by Crippen LogP contribution is 2.29.